The molecule has 0 N–H and O–H groups in total. The van der Waals surface area contributed by atoms with E-state index < -0.39 is 5.60 Å². The molecule has 0 aliphatic carbocycles. The summed E-state index contributed by atoms with van der Waals surface area (Å²) in [6, 6.07) is 7.44. The topological polar surface area (TPSA) is 39.4 Å². The molecule has 0 saturated heterocycles. The van der Waals surface area contributed by atoms with Gasteiger partial charge in [-0.2, -0.15) is 0 Å². The maximum atomic E-state index is 12.0. The first kappa shape index (κ1) is 11.1. The molecule has 2 aromatic rings. The number of fused-ring (bicyclic) bond motifs is 3. The molecule has 2 heterocycles. The Morgan fingerprint density at radius 1 is 1.17 bits per heavy atom. The summed E-state index contributed by atoms with van der Waals surface area (Å²) in [6.07, 6.45) is 1.95. The van der Waals surface area contributed by atoms with Gasteiger partial charge < -0.3 is 9.15 Å². The summed E-state index contributed by atoms with van der Waals surface area (Å²) in [4.78, 5) is 12.0. The number of allylic oxidation sites excluding steroid dienone is 1. The smallest absolute Gasteiger partial charge is 0.347 e. The highest BCUT2D eigenvalue weighted by atomic mass is 16.5. The molecule has 1 aliphatic rings. The van der Waals surface area contributed by atoms with Crippen LogP contribution in [0.2, 0.25) is 0 Å². The lowest BCUT2D eigenvalue weighted by atomic mass is 9.96. The summed E-state index contributed by atoms with van der Waals surface area (Å²) in [5, 5.41) is 0.840. The molecule has 0 spiro atoms. The van der Waals surface area contributed by atoms with Crippen molar-refractivity contribution in [3.63, 3.8) is 0 Å². The van der Waals surface area contributed by atoms with Gasteiger partial charge in [-0.1, -0.05) is 12.1 Å². The Morgan fingerprint density at radius 3 is 2.67 bits per heavy atom. The second kappa shape index (κ2) is 3.48. The minimum Gasteiger partial charge on any atom is -0.482 e. The Kier molecular flexibility index (Phi) is 2.14. The predicted molar refractivity (Wildman–Crippen MR) is 70.8 cm³/mol. The maximum Gasteiger partial charge on any atom is 0.347 e. The van der Waals surface area contributed by atoms with Crippen LogP contribution < -0.4 is 10.4 Å². The highest BCUT2D eigenvalue weighted by Crippen LogP contribution is 2.38. The Labute approximate surface area is 105 Å². The molecule has 0 amide bonds. The van der Waals surface area contributed by atoms with Crippen LogP contribution in [0.4, 0.5) is 0 Å². The molecule has 18 heavy (non-hydrogen) atoms. The number of hydrogen-bond donors (Lipinski definition) is 0. The van der Waals surface area contributed by atoms with Crippen molar-refractivity contribution in [2.24, 2.45) is 0 Å². The van der Waals surface area contributed by atoms with Gasteiger partial charge in [0.1, 0.15) is 22.5 Å². The van der Waals surface area contributed by atoms with Gasteiger partial charge in [0.05, 0.1) is 5.39 Å². The van der Waals surface area contributed by atoms with Crippen molar-refractivity contribution < 1.29 is 9.15 Å². The summed E-state index contributed by atoms with van der Waals surface area (Å²) in [7, 11) is 0. The third-order valence-corrected chi connectivity index (χ3v) is 3.09. The molecule has 3 rings (SSSR count). The number of hydrogen-bond acceptors (Lipinski definition) is 3. The Hall–Kier alpha value is -2.03. The van der Waals surface area contributed by atoms with Crippen molar-refractivity contribution in [3.05, 3.63) is 46.3 Å². The first-order valence-corrected chi connectivity index (χ1v) is 5.93. The lowest BCUT2D eigenvalue weighted by molar-refractivity contribution is 0.159. The summed E-state index contributed by atoms with van der Waals surface area (Å²) in [5.74, 6) is 0.631. The number of benzene rings is 1. The zero-order chi connectivity index (χ0) is 12.9. The van der Waals surface area contributed by atoms with Crippen LogP contribution in [-0.2, 0) is 0 Å². The number of ether oxygens (including phenoxy) is 1. The van der Waals surface area contributed by atoms with Crippen LogP contribution >= 0.6 is 0 Å². The Bertz CT molecular complexity index is 720. The van der Waals surface area contributed by atoms with E-state index in [1.807, 2.05) is 45.0 Å². The van der Waals surface area contributed by atoms with E-state index in [9.17, 15) is 4.79 Å². The normalized spacial score (nSPS) is 16.9. The van der Waals surface area contributed by atoms with Gasteiger partial charge in [-0.3, -0.25) is 0 Å². The molecule has 0 bridgehead atoms. The van der Waals surface area contributed by atoms with E-state index in [1.165, 1.54) is 0 Å². The van der Waals surface area contributed by atoms with E-state index in [0.29, 0.717) is 16.9 Å². The van der Waals surface area contributed by atoms with Gasteiger partial charge in [0.15, 0.2) is 0 Å². The minimum absolute atomic E-state index is 0.340. The largest absolute Gasteiger partial charge is 0.482 e. The van der Waals surface area contributed by atoms with Crippen LogP contribution in [0.25, 0.3) is 16.5 Å². The van der Waals surface area contributed by atoms with Crippen molar-refractivity contribution in [1.29, 1.82) is 0 Å². The lowest BCUT2D eigenvalue weighted by Gasteiger charge is -2.30. The number of rotatable bonds is 0. The molecule has 0 radical (unpaired) electrons. The highest BCUT2D eigenvalue weighted by Gasteiger charge is 2.29. The molecule has 1 aliphatic heterocycles. The standard InChI is InChI=1S/C15H14O3/c1-9-8-15(2,3)18-13-10-6-4-5-7-11(10)17-14(16)12(9)13/h4-8H,1-3H3. The Balaban J connectivity index is 2.45. The molecular weight excluding hydrogens is 228 g/mol. The third kappa shape index (κ3) is 1.55. The average Bonchev–Trinajstić information content (AvgIpc) is 2.26. The first-order chi connectivity index (χ1) is 8.48. The number of para-hydroxylation sites is 1. The van der Waals surface area contributed by atoms with Crippen LogP contribution in [0.3, 0.4) is 0 Å². The molecule has 0 saturated carbocycles. The third-order valence-electron chi connectivity index (χ3n) is 3.09. The van der Waals surface area contributed by atoms with Crippen molar-refractivity contribution in [3.8, 4) is 5.75 Å². The zero-order valence-electron chi connectivity index (χ0n) is 10.6. The van der Waals surface area contributed by atoms with Crippen molar-refractivity contribution in [1.82, 2.24) is 0 Å². The molecule has 1 aromatic heterocycles. The van der Waals surface area contributed by atoms with E-state index >= 15 is 0 Å². The molecule has 0 fully saturated rings. The van der Waals surface area contributed by atoms with Gasteiger partial charge in [-0.25, -0.2) is 4.79 Å². The first-order valence-electron chi connectivity index (χ1n) is 5.93. The monoisotopic (exact) mass is 242 g/mol. The molecule has 1 aromatic carbocycles. The fraction of sp³-hybridized carbons (Fsp3) is 0.267. The minimum atomic E-state index is -0.409. The molecule has 3 heteroatoms. The quantitative estimate of drug-likeness (QED) is 0.665. The van der Waals surface area contributed by atoms with E-state index in [2.05, 4.69) is 0 Å². The van der Waals surface area contributed by atoms with Crippen LogP contribution in [0.5, 0.6) is 5.75 Å². The second-order valence-corrected chi connectivity index (χ2v) is 5.12. The second-order valence-electron chi connectivity index (χ2n) is 5.12. The molecule has 0 unspecified atom stereocenters. The fourth-order valence-electron chi connectivity index (χ4n) is 2.45. The van der Waals surface area contributed by atoms with E-state index in [0.717, 1.165) is 11.0 Å². The summed E-state index contributed by atoms with van der Waals surface area (Å²) in [6.45, 7) is 5.86. The Morgan fingerprint density at radius 2 is 1.89 bits per heavy atom. The van der Waals surface area contributed by atoms with Gasteiger partial charge in [0.2, 0.25) is 0 Å². The van der Waals surface area contributed by atoms with Gasteiger partial charge in [0.25, 0.3) is 0 Å². The molecule has 3 nitrogen and oxygen atoms in total. The fourth-order valence-corrected chi connectivity index (χ4v) is 2.45. The van der Waals surface area contributed by atoms with Crippen LogP contribution in [0.15, 0.2) is 39.6 Å². The van der Waals surface area contributed by atoms with E-state index in [-0.39, 0.29) is 5.63 Å². The molecule has 0 atom stereocenters. The lowest BCUT2D eigenvalue weighted by Crippen LogP contribution is -2.30. The SMILES string of the molecule is CC1=CC(C)(C)Oc2c1c(=O)oc1ccccc21. The molecule has 92 valence electrons. The van der Waals surface area contributed by atoms with Crippen molar-refractivity contribution in [2.45, 2.75) is 26.4 Å². The zero-order valence-corrected chi connectivity index (χ0v) is 10.6. The molecular formula is C15H14O3. The van der Waals surface area contributed by atoms with E-state index in [4.69, 9.17) is 9.15 Å². The van der Waals surface area contributed by atoms with Crippen molar-refractivity contribution >= 4 is 16.5 Å². The van der Waals surface area contributed by atoms with Gasteiger partial charge >= 0.3 is 5.63 Å². The van der Waals surface area contributed by atoms with E-state index in [1.54, 1.807) is 6.07 Å². The van der Waals surface area contributed by atoms with Gasteiger partial charge in [-0.05, 0) is 44.6 Å². The highest BCUT2D eigenvalue weighted by molar-refractivity contribution is 5.89. The van der Waals surface area contributed by atoms with Crippen LogP contribution in [0, 0.1) is 0 Å². The van der Waals surface area contributed by atoms with Crippen LogP contribution in [0.1, 0.15) is 26.3 Å². The predicted octanol–water partition coefficient (Wildman–Crippen LogP) is 3.37. The van der Waals surface area contributed by atoms with Crippen LogP contribution in [-0.4, -0.2) is 5.60 Å². The summed E-state index contributed by atoms with van der Waals surface area (Å²) >= 11 is 0. The average molecular weight is 242 g/mol. The van der Waals surface area contributed by atoms with Gasteiger partial charge in [-0.15, -0.1) is 0 Å². The van der Waals surface area contributed by atoms with Gasteiger partial charge in [0, 0.05) is 0 Å². The van der Waals surface area contributed by atoms with Crippen molar-refractivity contribution in [2.75, 3.05) is 0 Å². The summed E-state index contributed by atoms with van der Waals surface area (Å²) < 4.78 is 11.3. The maximum absolute atomic E-state index is 12.0. The summed E-state index contributed by atoms with van der Waals surface area (Å²) in [5.41, 5.74) is 1.25.